The molecule has 0 aromatic heterocycles. The number of benzene rings is 2. The van der Waals surface area contributed by atoms with Crippen molar-refractivity contribution in [1.29, 1.82) is 0 Å². The monoisotopic (exact) mass is 355 g/mol. The fourth-order valence-electron chi connectivity index (χ4n) is 1.92. The predicted molar refractivity (Wildman–Crippen MR) is 85.3 cm³/mol. The standard InChI is InChI=1S/C15H15BrClNO2/c1-15(9-19,10-2-5-12(20)6-3-10)18-11-4-7-14(17)13(16)8-11/h2-8,18-20H,9H2,1H3. The Kier molecular flexibility index (Phi) is 4.58. The van der Waals surface area contributed by atoms with E-state index >= 15 is 0 Å². The molecule has 0 aliphatic rings. The number of hydrogen-bond donors (Lipinski definition) is 3. The number of phenolic OH excluding ortho intramolecular Hbond substituents is 1. The summed E-state index contributed by atoms with van der Waals surface area (Å²) in [4.78, 5) is 0. The van der Waals surface area contributed by atoms with Crippen LogP contribution in [0, 0.1) is 0 Å². The Morgan fingerprint density at radius 2 is 1.85 bits per heavy atom. The highest BCUT2D eigenvalue weighted by atomic mass is 79.9. The van der Waals surface area contributed by atoms with Gasteiger partial charge in [0.1, 0.15) is 5.75 Å². The zero-order chi connectivity index (χ0) is 14.8. The van der Waals surface area contributed by atoms with Gasteiger partial charge >= 0.3 is 0 Å². The van der Waals surface area contributed by atoms with Gasteiger partial charge in [-0.05, 0) is 58.7 Å². The van der Waals surface area contributed by atoms with Crippen molar-refractivity contribution in [3.05, 3.63) is 57.5 Å². The molecule has 0 heterocycles. The average Bonchev–Trinajstić information content (AvgIpc) is 2.43. The van der Waals surface area contributed by atoms with Crippen molar-refractivity contribution in [2.24, 2.45) is 0 Å². The topological polar surface area (TPSA) is 52.5 Å². The van der Waals surface area contributed by atoms with Gasteiger partial charge in [-0.2, -0.15) is 0 Å². The van der Waals surface area contributed by atoms with Crippen LogP contribution in [0.15, 0.2) is 46.9 Å². The molecule has 2 aromatic rings. The Labute approximate surface area is 131 Å². The van der Waals surface area contributed by atoms with Crippen LogP contribution in [-0.2, 0) is 5.54 Å². The van der Waals surface area contributed by atoms with Crippen LogP contribution >= 0.6 is 27.5 Å². The van der Waals surface area contributed by atoms with Crippen molar-refractivity contribution < 1.29 is 10.2 Å². The number of aromatic hydroxyl groups is 1. The van der Waals surface area contributed by atoms with Crippen LogP contribution in [0.25, 0.3) is 0 Å². The van der Waals surface area contributed by atoms with Gasteiger partial charge < -0.3 is 15.5 Å². The molecular formula is C15H15BrClNO2. The van der Waals surface area contributed by atoms with E-state index in [1.54, 1.807) is 30.3 Å². The normalized spacial score (nSPS) is 13.8. The zero-order valence-corrected chi connectivity index (χ0v) is 13.2. The molecule has 3 N–H and O–H groups in total. The van der Waals surface area contributed by atoms with Crippen molar-refractivity contribution >= 4 is 33.2 Å². The lowest BCUT2D eigenvalue weighted by molar-refractivity contribution is 0.224. The summed E-state index contributed by atoms with van der Waals surface area (Å²) in [6, 6.07) is 12.2. The summed E-state index contributed by atoms with van der Waals surface area (Å²) in [7, 11) is 0. The summed E-state index contributed by atoms with van der Waals surface area (Å²) in [5.41, 5.74) is 1.07. The summed E-state index contributed by atoms with van der Waals surface area (Å²) in [5.74, 6) is 0.197. The number of anilines is 1. The lowest BCUT2D eigenvalue weighted by Gasteiger charge is -2.30. The highest BCUT2D eigenvalue weighted by molar-refractivity contribution is 9.10. The van der Waals surface area contributed by atoms with E-state index in [1.807, 2.05) is 19.1 Å². The first-order chi connectivity index (χ1) is 9.44. The molecule has 0 amide bonds. The fourth-order valence-corrected chi connectivity index (χ4v) is 2.42. The van der Waals surface area contributed by atoms with E-state index in [4.69, 9.17) is 11.6 Å². The second-order valence-electron chi connectivity index (χ2n) is 4.79. The number of hydrogen-bond acceptors (Lipinski definition) is 3. The van der Waals surface area contributed by atoms with Gasteiger partial charge in [-0.3, -0.25) is 0 Å². The van der Waals surface area contributed by atoms with E-state index in [1.165, 1.54) is 0 Å². The molecule has 20 heavy (non-hydrogen) atoms. The minimum Gasteiger partial charge on any atom is -0.508 e. The van der Waals surface area contributed by atoms with Crippen LogP contribution < -0.4 is 5.32 Å². The molecule has 1 unspecified atom stereocenters. The van der Waals surface area contributed by atoms with Gasteiger partial charge in [-0.25, -0.2) is 0 Å². The largest absolute Gasteiger partial charge is 0.508 e. The smallest absolute Gasteiger partial charge is 0.115 e. The van der Waals surface area contributed by atoms with Gasteiger partial charge in [0.05, 0.1) is 17.2 Å². The first kappa shape index (κ1) is 15.2. The van der Waals surface area contributed by atoms with Gasteiger partial charge in [0, 0.05) is 10.2 Å². The Balaban J connectivity index is 2.31. The van der Waals surface area contributed by atoms with E-state index in [2.05, 4.69) is 21.2 Å². The second kappa shape index (κ2) is 6.04. The van der Waals surface area contributed by atoms with Gasteiger partial charge in [0.2, 0.25) is 0 Å². The highest BCUT2D eigenvalue weighted by Crippen LogP contribution is 2.31. The Morgan fingerprint density at radius 3 is 2.40 bits per heavy atom. The summed E-state index contributed by atoms with van der Waals surface area (Å²) in [6.07, 6.45) is 0. The van der Waals surface area contributed by atoms with E-state index in [-0.39, 0.29) is 12.4 Å². The molecule has 106 valence electrons. The zero-order valence-electron chi connectivity index (χ0n) is 10.9. The van der Waals surface area contributed by atoms with Crippen molar-refractivity contribution in [2.75, 3.05) is 11.9 Å². The molecule has 2 rings (SSSR count). The van der Waals surface area contributed by atoms with Crippen LogP contribution in [-0.4, -0.2) is 16.8 Å². The third-order valence-corrected chi connectivity index (χ3v) is 4.37. The molecule has 0 aliphatic heterocycles. The average molecular weight is 357 g/mol. The van der Waals surface area contributed by atoms with E-state index in [0.717, 1.165) is 15.7 Å². The number of halogens is 2. The Hall–Kier alpha value is -1.23. The highest BCUT2D eigenvalue weighted by Gasteiger charge is 2.25. The third-order valence-electron chi connectivity index (χ3n) is 3.16. The summed E-state index contributed by atoms with van der Waals surface area (Å²) >= 11 is 9.34. The summed E-state index contributed by atoms with van der Waals surface area (Å²) in [6.45, 7) is 1.81. The van der Waals surface area contributed by atoms with Crippen LogP contribution in [0.2, 0.25) is 5.02 Å². The van der Waals surface area contributed by atoms with Gasteiger partial charge in [-0.1, -0.05) is 23.7 Å². The van der Waals surface area contributed by atoms with Crippen LogP contribution in [0.3, 0.4) is 0 Å². The van der Waals surface area contributed by atoms with Crippen molar-refractivity contribution in [2.45, 2.75) is 12.5 Å². The molecule has 0 spiro atoms. The number of nitrogens with one attached hydrogen (secondary N) is 1. The minimum atomic E-state index is -0.652. The maximum Gasteiger partial charge on any atom is 0.115 e. The first-order valence-electron chi connectivity index (χ1n) is 6.08. The van der Waals surface area contributed by atoms with Crippen LogP contribution in [0.5, 0.6) is 5.75 Å². The van der Waals surface area contributed by atoms with Crippen LogP contribution in [0.4, 0.5) is 5.69 Å². The number of aliphatic hydroxyl groups is 1. The molecule has 0 bridgehead atoms. The molecule has 0 fully saturated rings. The third kappa shape index (κ3) is 3.26. The van der Waals surface area contributed by atoms with Gasteiger partial charge in [0.25, 0.3) is 0 Å². The molecule has 0 radical (unpaired) electrons. The lowest BCUT2D eigenvalue weighted by Crippen LogP contribution is -2.35. The SMILES string of the molecule is CC(CO)(Nc1ccc(Cl)c(Br)c1)c1ccc(O)cc1. The minimum absolute atomic E-state index is 0.0853. The maximum atomic E-state index is 9.73. The van der Waals surface area contributed by atoms with Crippen molar-refractivity contribution in [1.82, 2.24) is 0 Å². The van der Waals surface area contributed by atoms with Gasteiger partial charge in [0.15, 0.2) is 0 Å². The Bertz CT molecular complexity index is 603. The molecule has 0 aliphatic carbocycles. The predicted octanol–water partition coefficient (Wildman–Crippen LogP) is 4.13. The molecular weight excluding hydrogens is 342 g/mol. The fraction of sp³-hybridized carbons (Fsp3) is 0.200. The number of aliphatic hydroxyl groups excluding tert-OH is 1. The van der Waals surface area contributed by atoms with Crippen molar-refractivity contribution in [3.63, 3.8) is 0 Å². The lowest BCUT2D eigenvalue weighted by atomic mass is 9.92. The summed E-state index contributed by atoms with van der Waals surface area (Å²) in [5, 5.41) is 23.0. The number of phenols is 1. The number of rotatable bonds is 4. The molecule has 0 saturated carbocycles. The molecule has 3 nitrogen and oxygen atoms in total. The van der Waals surface area contributed by atoms with E-state index in [9.17, 15) is 10.2 Å². The quantitative estimate of drug-likeness (QED) is 0.772. The van der Waals surface area contributed by atoms with Crippen molar-refractivity contribution in [3.8, 4) is 5.75 Å². The maximum absolute atomic E-state index is 9.73. The van der Waals surface area contributed by atoms with Gasteiger partial charge in [-0.15, -0.1) is 0 Å². The van der Waals surface area contributed by atoms with E-state index < -0.39 is 5.54 Å². The van der Waals surface area contributed by atoms with Crippen LogP contribution in [0.1, 0.15) is 12.5 Å². The molecule has 5 heteroatoms. The second-order valence-corrected chi connectivity index (χ2v) is 6.05. The molecule has 0 saturated heterocycles. The molecule has 1 atom stereocenters. The first-order valence-corrected chi connectivity index (χ1v) is 7.25. The molecule has 2 aromatic carbocycles. The van der Waals surface area contributed by atoms with E-state index in [0.29, 0.717) is 5.02 Å². The Morgan fingerprint density at radius 1 is 1.20 bits per heavy atom. The summed E-state index contributed by atoms with van der Waals surface area (Å²) < 4.78 is 0.787.